The number of carbonyl (C=O) groups is 3. The van der Waals surface area contributed by atoms with Crippen molar-refractivity contribution in [2.45, 2.75) is 112 Å². The van der Waals surface area contributed by atoms with E-state index in [9.17, 15) is 28.4 Å². The van der Waals surface area contributed by atoms with E-state index in [1.54, 1.807) is 12.2 Å². The second-order valence-corrected chi connectivity index (χ2v) is 15.1. The van der Waals surface area contributed by atoms with Gasteiger partial charge in [-0.1, -0.05) is 67.0 Å². The van der Waals surface area contributed by atoms with Crippen molar-refractivity contribution >= 4 is 17.5 Å². The predicted molar refractivity (Wildman–Crippen MR) is 150 cm³/mol. The second kappa shape index (κ2) is 9.33. The monoisotopic (exact) mass is 556 g/mol. The summed E-state index contributed by atoms with van der Waals surface area (Å²) in [7, 11) is 0. The molecule has 0 aromatic rings. The van der Waals surface area contributed by atoms with Gasteiger partial charge in [0.2, 0.25) is 0 Å². The number of hydrogen-bond donors (Lipinski definition) is 1. The van der Waals surface area contributed by atoms with Gasteiger partial charge in [-0.25, -0.2) is 0 Å². The Bertz CT molecular complexity index is 1230. The van der Waals surface area contributed by atoms with E-state index in [2.05, 4.69) is 46.0 Å². The fourth-order valence-corrected chi connectivity index (χ4v) is 9.27. The maximum absolute atomic E-state index is 14.3. The van der Waals surface area contributed by atoms with Crippen LogP contribution >= 0.6 is 0 Å². The number of Topliss-reactive ketones (excluding diaryl/α,β-unsaturated/α-hetero) is 1. The maximum atomic E-state index is 14.3. The highest BCUT2D eigenvalue weighted by atomic mass is 19.3. The fraction of sp³-hybridized carbons (Fsp3) is 0.758. The van der Waals surface area contributed by atoms with Crippen LogP contribution in [0.2, 0.25) is 0 Å². The van der Waals surface area contributed by atoms with Crippen molar-refractivity contribution in [1.82, 2.24) is 5.32 Å². The minimum absolute atomic E-state index is 0.0403. The van der Waals surface area contributed by atoms with E-state index in [-0.39, 0.29) is 40.3 Å². The molecule has 7 unspecified atom stereocenters. The summed E-state index contributed by atoms with van der Waals surface area (Å²) in [6.07, 6.45) is 7.55. The molecule has 4 aliphatic carbocycles. The minimum atomic E-state index is -3.51. The first-order chi connectivity index (χ1) is 18.2. The van der Waals surface area contributed by atoms with Crippen LogP contribution in [-0.4, -0.2) is 28.9 Å². The third-order valence-corrected chi connectivity index (χ3v) is 11.9. The van der Waals surface area contributed by atoms with Gasteiger partial charge in [0, 0.05) is 29.2 Å². The maximum Gasteiger partial charge on any atom is 0.321 e. The molecular weight excluding hydrogens is 510 g/mol. The number of amides is 1. The second-order valence-electron chi connectivity index (χ2n) is 15.1. The van der Waals surface area contributed by atoms with Crippen LogP contribution in [0.15, 0.2) is 23.3 Å². The van der Waals surface area contributed by atoms with Gasteiger partial charge >= 0.3 is 5.92 Å². The summed E-state index contributed by atoms with van der Waals surface area (Å²) in [5.41, 5.74) is -1.64. The zero-order valence-electron chi connectivity index (χ0n) is 25.6. The van der Waals surface area contributed by atoms with Crippen LogP contribution in [-0.2, 0) is 14.4 Å². The van der Waals surface area contributed by atoms with E-state index >= 15 is 0 Å². The van der Waals surface area contributed by atoms with E-state index in [1.807, 2.05) is 20.8 Å². The zero-order chi connectivity index (χ0) is 30.3. The molecule has 0 radical (unpaired) electrons. The van der Waals surface area contributed by atoms with Crippen LogP contribution in [0.25, 0.3) is 0 Å². The Labute approximate surface area is 238 Å². The van der Waals surface area contributed by atoms with E-state index in [0.717, 1.165) is 24.8 Å². The van der Waals surface area contributed by atoms with Crippen molar-refractivity contribution in [2.24, 2.45) is 45.3 Å². The van der Waals surface area contributed by atoms with Gasteiger partial charge in [-0.2, -0.15) is 14.0 Å². The summed E-state index contributed by atoms with van der Waals surface area (Å²) in [6.45, 7) is 17.0. The fourth-order valence-electron chi connectivity index (χ4n) is 9.27. The van der Waals surface area contributed by atoms with Crippen molar-refractivity contribution in [3.8, 4) is 6.07 Å². The van der Waals surface area contributed by atoms with E-state index < -0.39 is 39.5 Å². The number of alkyl halides is 2. The Hall–Kier alpha value is -2.36. The number of rotatable bonds is 4. The normalized spacial score (nSPS) is 40.6. The molecule has 40 heavy (non-hydrogen) atoms. The Balaban J connectivity index is 1.86. The zero-order valence-corrected chi connectivity index (χ0v) is 25.6. The van der Waals surface area contributed by atoms with Crippen LogP contribution < -0.4 is 5.32 Å². The lowest BCUT2D eigenvalue weighted by Gasteiger charge is -2.62. The number of ketones is 2. The number of nitriles is 1. The van der Waals surface area contributed by atoms with Gasteiger partial charge in [-0.15, -0.1) is 0 Å². The molecule has 2 saturated carbocycles. The number of fused-ring (bicyclic) bond motifs is 3. The molecule has 0 spiro atoms. The largest absolute Gasteiger partial charge is 0.345 e. The Morgan fingerprint density at radius 1 is 1.12 bits per heavy atom. The topological polar surface area (TPSA) is 87.0 Å². The Morgan fingerprint density at radius 2 is 1.75 bits per heavy atom. The molecule has 0 aromatic heterocycles. The van der Waals surface area contributed by atoms with Crippen molar-refractivity contribution in [3.05, 3.63) is 23.3 Å². The summed E-state index contributed by atoms with van der Waals surface area (Å²) < 4.78 is 28.3. The molecule has 1 amide bonds. The molecule has 0 aliphatic heterocycles. The molecule has 1 N–H and O–H groups in total. The van der Waals surface area contributed by atoms with E-state index in [4.69, 9.17) is 0 Å². The van der Waals surface area contributed by atoms with Gasteiger partial charge in [0.1, 0.15) is 6.07 Å². The van der Waals surface area contributed by atoms with Crippen LogP contribution in [0.1, 0.15) is 101 Å². The summed E-state index contributed by atoms with van der Waals surface area (Å²) in [4.78, 5) is 40.1. The van der Waals surface area contributed by atoms with Gasteiger partial charge in [-0.3, -0.25) is 14.4 Å². The summed E-state index contributed by atoms with van der Waals surface area (Å²) in [5.74, 6) is -5.90. The number of carbonyl (C=O) groups excluding carboxylic acids is 3. The van der Waals surface area contributed by atoms with Gasteiger partial charge in [0.25, 0.3) is 5.91 Å². The lowest BCUT2D eigenvalue weighted by Crippen LogP contribution is -2.64. The molecule has 0 bridgehead atoms. The first-order valence-corrected chi connectivity index (χ1v) is 14.8. The van der Waals surface area contributed by atoms with E-state index in [0.29, 0.717) is 26.2 Å². The van der Waals surface area contributed by atoms with Crippen LogP contribution in [0, 0.1) is 56.7 Å². The number of halogens is 2. The van der Waals surface area contributed by atoms with Crippen molar-refractivity contribution in [2.75, 3.05) is 0 Å². The highest BCUT2D eigenvalue weighted by molar-refractivity contribution is 6.04. The van der Waals surface area contributed by atoms with Crippen molar-refractivity contribution in [1.29, 1.82) is 5.26 Å². The molecule has 0 aromatic carbocycles. The Kier molecular flexibility index (Phi) is 7.13. The first-order valence-electron chi connectivity index (χ1n) is 14.8. The average molecular weight is 557 g/mol. The van der Waals surface area contributed by atoms with Crippen LogP contribution in [0.5, 0.6) is 0 Å². The lowest BCUT2D eigenvalue weighted by atomic mass is 9.41. The highest BCUT2D eigenvalue weighted by Crippen LogP contribution is 2.67. The molecule has 4 aliphatic rings. The van der Waals surface area contributed by atoms with Crippen LogP contribution in [0.3, 0.4) is 0 Å². The highest BCUT2D eigenvalue weighted by Gasteiger charge is 2.63. The third-order valence-electron chi connectivity index (χ3n) is 11.9. The molecule has 7 heteroatoms. The number of nitrogens with one attached hydrogen (secondary N) is 1. The quantitative estimate of drug-likeness (QED) is 0.405. The molecular formula is C33H46F2N2O3. The third kappa shape index (κ3) is 4.40. The number of hydrogen-bond acceptors (Lipinski definition) is 4. The SMILES string of the molecule is CCC1(NC(=O)C(C)(F)F)CCC(C)(C)CC1C1C(=O)C=C2C3(C)C=C(C#N)C(=O)C(C)(C)C3CCC2(C)C1C. The van der Waals surface area contributed by atoms with Gasteiger partial charge in [0.05, 0.1) is 5.57 Å². The smallest absolute Gasteiger partial charge is 0.321 e. The van der Waals surface area contributed by atoms with Crippen LogP contribution in [0.4, 0.5) is 8.78 Å². The average Bonchev–Trinajstić information content (AvgIpc) is 2.84. The molecule has 0 heterocycles. The lowest BCUT2D eigenvalue weighted by molar-refractivity contribution is -0.150. The predicted octanol–water partition coefficient (Wildman–Crippen LogP) is 6.98. The molecule has 0 saturated heterocycles. The van der Waals surface area contributed by atoms with Gasteiger partial charge in [-0.05, 0) is 73.2 Å². The van der Waals surface area contributed by atoms with Gasteiger partial charge < -0.3 is 5.32 Å². The summed E-state index contributed by atoms with van der Waals surface area (Å²) in [6, 6.07) is 2.11. The minimum Gasteiger partial charge on any atom is -0.345 e. The Morgan fingerprint density at radius 3 is 2.30 bits per heavy atom. The standard InChI is InChI=1S/C33H46F2N2O3/c1-10-33(37-27(40)32(9,34)35)14-13-28(3,4)17-21(33)25-19(2)30(7)12-11-23-29(5,6)26(39)20(18-36)16-31(23,8)24(30)15-22(25)38/h15-16,19,21,23,25H,10-14,17H2,1-9H3,(H,37,40). The molecule has 5 nitrogen and oxygen atoms in total. The number of allylic oxidation sites excluding steroid dienone is 4. The summed E-state index contributed by atoms with van der Waals surface area (Å²) >= 11 is 0. The van der Waals surface area contributed by atoms with Crippen molar-refractivity contribution < 1.29 is 23.2 Å². The molecule has 2 fully saturated rings. The van der Waals surface area contributed by atoms with Gasteiger partial charge in [0.15, 0.2) is 11.6 Å². The number of nitrogens with zero attached hydrogens (tertiary/aromatic N) is 1. The summed E-state index contributed by atoms with van der Waals surface area (Å²) in [5, 5.41) is 12.6. The molecule has 220 valence electrons. The molecule has 7 atom stereocenters. The molecule has 4 rings (SSSR count). The van der Waals surface area contributed by atoms with Crippen molar-refractivity contribution in [3.63, 3.8) is 0 Å². The first kappa shape index (κ1) is 30.6. The van der Waals surface area contributed by atoms with E-state index in [1.165, 1.54) is 0 Å².